The van der Waals surface area contributed by atoms with E-state index in [1.807, 2.05) is 0 Å². The van der Waals surface area contributed by atoms with E-state index in [1.54, 1.807) is 0 Å². The van der Waals surface area contributed by atoms with E-state index in [0.29, 0.717) is 0 Å². The van der Waals surface area contributed by atoms with Crippen LogP contribution in [0.1, 0.15) is 5.56 Å². The molecule has 1 fully saturated rings. The maximum absolute atomic E-state index is 6.36. The summed E-state index contributed by atoms with van der Waals surface area (Å²) in [5, 5.41) is 5.73. The van der Waals surface area contributed by atoms with Crippen molar-refractivity contribution in [3.05, 3.63) is 46.4 Å². The van der Waals surface area contributed by atoms with Crippen molar-refractivity contribution in [1.82, 2.24) is 5.32 Å². The molecule has 0 radical (unpaired) electrons. The van der Waals surface area contributed by atoms with Crippen LogP contribution in [0, 0.1) is 0 Å². The van der Waals surface area contributed by atoms with Gasteiger partial charge in [0.05, 0.1) is 5.54 Å². The van der Waals surface area contributed by atoms with Crippen LogP contribution >= 0.6 is 15.9 Å². The van der Waals surface area contributed by atoms with Gasteiger partial charge >= 0.3 is 0 Å². The molecule has 0 amide bonds. The average molecular weight is 277 g/mol. The molecule has 3 heteroatoms. The SMILES string of the molecule is NC1(c2ccc(Br)c3ccccc23)CNC1. The molecule has 0 bridgehead atoms. The molecule has 0 saturated carbocycles. The van der Waals surface area contributed by atoms with Gasteiger partial charge in [-0.25, -0.2) is 0 Å². The maximum Gasteiger partial charge on any atom is 0.0668 e. The Kier molecular flexibility index (Phi) is 2.28. The standard InChI is InChI=1S/C13H13BrN2/c14-12-6-5-11(13(15)7-16-8-13)9-3-1-2-4-10(9)12/h1-6,16H,7-8,15H2. The molecule has 0 aromatic heterocycles. The fourth-order valence-electron chi connectivity index (χ4n) is 2.28. The lowest BCUT2D eigenvalue weighted by Crippen LogP contribution is -2.62. The maximum atomic E-state index is 6.36. The van der Waals surface area contributed by atoms with E-state index in [0.717, 1.165) is 17.6 Å². The highest BCUT2D eigenvalue weighted by Crippen LogP contribution is 2.33. The summed E-state index contributed by atoms with van der Waals surface area (Å²) in [5.74, 6) is 0. The molecule has 3 rings (SSSR count). The number of nitrogens with two attached hydrogens (primary N) is 1. The first-order valence-electron chi connectivity index (χ1n) is 5.38. The highest BCUT2D eigenvalue weighted by atomic mass is 79.9. The Labute approximate surface area is 103 Å². The monoisotopic (exact) mass is 276 g/mol. The highest BCUT2D eigenvalue weighted by Gasteiger charge is 2.35. The molecule has 3 N–H and O–H groups in total. The molecule has 1 aliphatic rings. The molecule has 1 aliphatic heterocycles. The summed E-state index contributed by atoms with van der Waals surface area (Å²) in [6.07, 6.45) is 0. The number of nitrogens with one attached hydrogen (secondary N) is 1. The average Bonchev–Trinajstić information content (AvgIpc) is 2.27. The van der Waals surface area contributed by atoms with E-state index in [2.05, 4.69) is 57.6 Å². The summed E-state index contributed by atoms with van der Waals surface area (Å²) < 4.78 is 1.13. The second kappa shape index (κ2) is 3.55. The molecule has 2 nitrogen and oxygen atoms in total. The van der Waals surface area contributed by atoms with Gasteiger partial charge in [0.25, 0.3) is 0 Å². The van der Waals surface area contributed by atoms with Crippen molar-refractivity contribution in [1.29, 1.82) is 0 Å². The highest BCUT2D eigenvalue weighted by molar-refractivity contribution is 9.10. The van der Waals surface area contributed by atoms with Crippen LogP contribution in [0.25, 0.3) is 10.8 Å². The zero-order chi connectivity index (χ0) is 11.2. The van der Waals surface area contributed by atoms with Crippen LogP contribution in [-0.2, 0) is 5.54 Å². The van der Waals surface area contributed by atoms with Crippen LogP contribution in [0.3, 0.4) is 0 Å². The lowest BCUT2D eigenvalue weighted by atomic mass is 9.82. The number of halogens is 1. The molecule has 1 saturated heterocycles. The molecule has 0 spiro atoms. The van der Waals surface area contributed by atoms with Gasteiger partial charge in [-0.15, -0.1) is 0 Å². The van der Waals surface area contributed by atoms with Gasteiger partial charge in [0.2, 0.25) is 0 Å². The molecule has 0 unspecified atom stereocenters. The summed E-state index contributed by atoms with van der Waals surface area (Å²) in [4.78, 5) is 0. The van der Waals surface area contributed by atoms with Crippen molar-refractivity contribution in [2.24, 2.45) is 5.73 Å². The Hall–Kier alpha value is -0.900. The number of hydrogen-bond donors (Lipinski definition) is 2. The van der Waals surface area contributed by atoms with Gasteiger partial charge in [-0.2, -0.15) is 0 Å². The predicted octanol–water partition coefficient (Wildman–Crippen LogP) is 2.36. The molecular weight excluding hydrogens is 264 g/mol. The van der Waals surface area contributed by atoms with Gasteiger partial charge < -0.3 is 11.1 Å². The molecule has 1 heterocycles. The molecular formula is C13H13BrN2. The van der Waals surface area contributed by atoms with Gasteiger partial charge in [0, 0.05) is 17.6 Å². The largest absolute Gasteiger partial charge is 0.319 e. The number of rotatable bonds is 1. The Bertz CT molecular complexity index is 547. The molecule has 2 aromatic carbocycles. The fraction of sp³-hybridized carbons (Fsp3) is 0.231. The summed E-state index contributed by atoms with van der Waals surface area (Å²) in [7, 11) is 0. The second-order valence-corrected chi connectivity index (χ2v) is 5.25. The van der Waals surface area contributed by atoms with Crippen molar-refractivity contribution in [3.63, 3.8) is 0 Å². The van der Waals surface area contributed by atoms with E-state index in [9.17, 15) is 0 Å². The van der Waals surface area contributed by atoms with Crippen LogP contribution in [0.5, 0.6) is 0 Å². The molecule has 0 aliphatic carbocycles. The lowest BCUT2D eigenvalue weighted by Gasteiger charge is -2.40. The smallest absolute Gasteiger partial charge is 0.0668 e. The summed E-state index contributed by atoms with van der Waals surface area (Å²) in [5.41, 5.74) is 7.41. The summed E-state index contributed by atoms with van der Waals surface area (Å²) in [6.45, 7) is 1.72. The van der Waals surface area contributed by atoms with Crippen LogP contribution in [0.2, 0.25) is 0 Å². The zero-order valence-corrected chi connectivity index (χ0v) is 10.4. The van der Waals surface area contributed by atoms with Crippen molar-refractivity contribution in [2.45, 2.75) is 5.54 Å². The summed E-state index contributed by atoms with van der Waals surface area (Å²) >= 11 is 3.58. The predicted molar refractivity (Wildman–Crippen MR) is 70.4 cm³/mol. The number of benzene rings is 2. The normalized spacial score (nSPS) is 18.4. The van der Waals surface area contributed by atoms with Crippen molar-refractivity contribution >= 4 is 26.7 Å². The van der Waals surface area contributed by atoms with Crippen LogP contribution in [-0.4, -0.2) is 13.1 Å². The first kappa shape index (κ1) is 10.3. The molecule has 0 atom stereocenters. The van der Waals surface area contributed by atoms with Gasteiger partial charge in [-0.05, 0) is 22.4 Å². The van der Waals surface area contributed by atoms with Gasteiger partial charge in [0.1, 0.15) is 0 Å². The third kappa shape index (κ3) is 1.39. The minimum absolute atomic E-state index is 0.194. The molecule has 2 aromatic rings. The van der Waals surface area contributed by atoms with Gasteiger partial charge in [-0.3, -0.25) is 0 Å². The van der Waals surface area contributed by atoms with Crippen molar-refractivity contribution < 1.29 is 0 Å². The van der Waals surface area contributed by atoms with E-state index in [4.69, 9.17) is 5.73 Å². The Balaban J connectivity index is 2.30. The van der Waals surface area contributed by atoms with E-state index >= 15 is 0 Å². The van der Waals surface area contributed by atoms with Crippen LogP contribution in [0.15, 0.2) is 40.9 Å². The van der Waals surface area contributed by atoms with Gasteiger partial charge in [-0.1, -0.05) is 46.3 Å². The summed E-state index contributed by atoms with van der Waals surface area (Å²) in [6, 6.07) is 12.6. The minimum Gasteiger partial charge on any atom is -0.319 e. The van der Waals surface area contributed by atoms with Crippen molar-refractivity contribution in [2.75, 3.05) is 13.1 Å². The zero-order valence-electron chi connectivity index (χ0n) is 8.83. The van der Waals surface area contributed by atoms with Crippen LogP contribution < -0.4 is 11.1 Å². The molecule has 16 heavy (non-hydrogen) atoms. The Morgan fingerprint density at radius 3 is 2.38 bits per heavy atom. The quantitative estimate of drug-likeness (QED) is 0.839. The Morgan fingerprint density at radius 2 is 1.75 bits per heavy atom. The first-order chi connectivity index (χ1) is 7.71. The third-order valence-electron chi connectivity index (χ3n) is 3.29. The van der Waals surface area contributed by atoms with Crippen molar-refractivity contribution in [3.8, 4) is 0 Å². The van der Waals surface area contributed by atoms with Crippen LogP contribution in [0.4, 0.5) is 0 Å². The van der Waals surface area contributed by atoms with E-state index in [-0.39, 0.29) is 5.54 Å². The van der Waals surface area contributed by atoms with Gasteiger partial charge in [0.15, 0.2) is 0 Å². The minimum atomic E-state index is -0.194. The topological polar surface area (TPSA) is 38.0 Å². The first-order valence-corrected chi connectivity index (χ1v) is 6.17. The third-order valence-corrected chi connectivity index (χ3v) is 3.98. The molecule has 82 valence electrons. The fourth-order valence-corrected chi connectivity index (χ4v) is 2.76. The lowest BCUT2D eigenvalue weighted by molar-refractivity contribution is 0.289. The van der Waals surface area contributed by atoms with E-state index in [1.165, 1.54) is 16.3 Å². The number of hydrogen-bond acceptors (Lipinski definition) is 2. The Morgan fingerprint density at radius 1 is 1.06 bits per heavy atom. The van der Waals surface area contributed by atoms with E-state index < -0.39 is 0 Å². The number of fused-ring (bicyclic) bond motifs is 1. The second-order valence-electron chi connectivity index (χ2n) is 4.40.